The number of hydrogen-bond donors (Lipinski definition) is 2. The SMILES string of the molecule is CCn1cc(-c2ccnc(Nc3cccc(OC4CCNCC4)c3)n2)c(-c2cccnc2)n1. The summed E-state index contributed by atoms with van der Waals surface area (Å²) in [6.45, 7) is 4.83. The van der Waals surface area contributed by atoms with Crippen molar-refractivity contribution in [3.8, 4) is 28.3 Å². The normalized spacial score (nSPS) is 14.2. The van der Waals surface area contributed by atoms with Crippen LogP contribution < -0.4 is 15.4 Å². The molecule has 4 aromatic rings. The fourth-order valence-corrected chi connectivity index (χ4v) is 3.94. The highest BCUT2D eigenvalue weighted by molar-refractivity contribution is 5.78. The molecule has 0 saturated carbocycles. The van der Waals surface area contributed by atoms with Crippen LogP contribution in [0.2, 0.25) is 0 Å². The first kappa shape index (κ1) is 21.1. The Bertz CT molecular complexity index is 1200. The lowest BCUT2D eigenvalue weighted by Gasteiger charge is -2.24. The van der Waals surface area contributed by atoms with E-state index in [1.165, 1.54) is 0 Å². The van der Waals surface area contributed by atoms with Crippen molar-refractivity contribution in [3.05, 3.63) is 67.3 Å². The van der Waals surface area contributed by atoms with E-state index in [9.17, 15) is 0 Å². The lowest BCUT2D eigenvalue weighted by Crippen LogP contribution is -2.34. The number of nitrogens with zero attached hydrogens (tertiary/aromatic N) is 5. The molecule has 0 radical (unpaired) electrons. The third-order valence-corrected chi connectivity index (χ3v) is 5.63. The Kier molecular flexibility index (Phi) is 6.25. The number of anilines is 2. The van der Waals surface area contributed by atoms with Crippen molar-refractivity contribution in [1.29, 1.82) is 0 Å². The summed E-state index contributed by atoms with van der Waals surface area (Å²) < 4.78 is 8.08. The molecule has 33 heavy (non-hydrogen) atoms. The number of benzene rings is 1. The van der Waals surface area contributed by atoms with Crippen LogP contribution in [0.5, 0.6) is 5.75 Å². The second-order valence-corrected chi connectivity index (χ2v) is 7.97. The van der Waals surface area contributed by atoms with Crippen LogP contribution >= 0.6 is 0 Å². The molecule has 3 aromatic heterocycles. The maximum atomic E-state index is 6.17. The summed E-state index contributed by atoms with van der Waals surface area (Å²) in [5.74, 6) is 1.37. The van der Waals surface area contributed by atoms with Gasteiger partial charge in [-0.05, 0) is 63.2 Å². The number of piperidine rings is 1. The number of ether oxygens (including phenoxy) is 1. The average Bonchev–Trinajstić information content (AvgIpc) is 3.30. The van der Waals surface area contributed by atoms with Crippen LogP contribution in [0.3, 0.4) is 0 Å². The largest absolute Gasteiger partial charge is 0.490 e. The van der Waals surface area contributed by atoms with Crippen LogP contribution in [0, 0.1) is 0 Å². The summed E-state index contributed by atoms with van der Waals surface area (Å²) in [7, 11) is 0. The van der Waals surface area contributed by atoms with E-state index in [1.54, 1.807) is 12.4 Å². The number of nitrogens with one attached hydrogen (secondary N) is 2. The first-order valence-electron chi connectivity index (χ1n) is 11.3. The molecule has 0 unspecified atom stereocenters. The summed E-state index contributed by atoms with van der Waals surface area (Å²) in [5, 5.41) is 11.4. The van der Waals surface area contributed by atoms with Crippen molar-refractivity contribution < 1.29 is 4.74 Å². The maximum Gasteiger partial charge on any atom is 0.227 e. The molecule has 8 heteroatoms. The maximum absolute atomic E-state index is 6.17. The highest BCUT2D eigenvalue weighted by Gasteiger charge is 2.16. The van der Waals surface area contributed by atoms with Gasteiger partial charge < -0.3 is 15.4 Å². The summed E-state index contributed by atoms with van der Waals surface area (Å²) in [4.78, 5) is 13.4. The topological polar surface area (TPSA) is 89.8 Å². The standard InChI is InChI=1S/C25H27N7O/c1-2-32-17-22(24(31-32)18-5-4-11-27-16-18)23-10-14-28-25(30-23)29-19-6-3-7-21(15-19)33-20-8-12-26-13-9-20/h3-7,10-11,14-17,20,26H,2,8-9,12-13H2,1H3,(H,28,29,30). The smallest absolute Gasteiger partial charge is 0.227 e. The monoisotopic (exact) mass is 441 g/mol. The Balaban J connectivity index is 1.39. The second kappa shape index (κ2) is 9.79. The first-order valence-corrected chi connectivity index (χ1v) is 11.3. The van der Waals surface area contributed by atoms with E-state index < -0.39 is 0 Å². The van der Waals surface area contributed by atoms with E-state index in [4.69, 9.17) is 14.8 Å². The van der Waals surface area contributed by atoms with Crippen molar-refractivity contribution >= 4 is 11.6 Å². The molecule has 0 aliphatic carbocycles. The Morgan fingerprint density at radius 1 is 1.12 bits per heavy atom. The molecule has 0 atom stereocenters. The first-order chi connectivity index (χ1) is 16.3. The molecule has 8 nitrogen and oxygen atoms in total. The van der Waals surface area contributed by atoms with Gasteiger partial charge in [-0.2, -0.15) is 5.10 Å². The molecule has 4 heterocycles. The molecule has 1 aliphatic heterocycles. The zero-order valence-corrected chi connectivity index (χ0v) is 18.6. The molecule has 0 bridgehead atoms. The van der Waals surface area contributed by atoms with Gasteiger partial charge in [0.05, 0.1) is 5.69 Å². The van der Waals surface area contributed by atoms with E-state index in [-0.39, 0.29) is 6.10 Å². The van der Waals surface area contributed by atoms with E-state index in [0.29, 0.717) is 5.95 Å². The molecule has 2 N–H and O–H groups in total. The Labute approximate surface area is 193 Å². The fraction of sp³-hybridized carbons (Fsp3) is 0.280. The summed E-state index contributed by atoms with van der Waals surface area (Å²) >= 11 is 0. The van der Waals surface area contributed by atoms with E-state index in [2.05, 4.69) is 27.5 Å². The van der Waals surface area contributed by atoms with Gasteiger partial charge in [0.25, 0.3) is 0 Å². The summed E-state index contributed by atoms with van der Waals surface area (Å²) in [6, 6.07) is 13.8. The highest BCUT2D eigenvalue weighted by atomic mass is 16.5. The number of aromatic nitrogens is 5. The van der Waals surface area contributed by atoms with E-state index >= 15 is 0 Å². The Morgan fingerprint density at radius 3 is 2.85 bits per heavy atom. The van der Waals surface area contributed by atoms with E-state index in [1.807, 2.05) is 59.5 Å². The van der Waals surface area contributed by atoms with Crippen LogP contribution in [0.15, 0.2) is 67.3 Å². The predicted octanol–water partition coefficient (Wildman–Crippen LogP) is 4.30. The number of aryl methyl sites for hydroxylation is 1. The van der Waals surface area contributed by atoms with Crippen LogP contribution in [0.25, 0.3) is 22.5 Å². The lowest BCUT2D eigenvalue weighted by atomic mass is 10.1. The summed E-state index contributed by atoms with van der Waals surface area (Å²) in [6.07, 6.45) is 9.65. The predicted molar refractivity (Wildman–Crippen MR) is 128 cm³/mol. The molecule has 5 rings (SSSR count). The van der Waals surface area contributed by atoms with Crippen molar-refractivity contribution in [2.75, 3.05) is 18.4 Å². The van der Waals surface area contributed by atoms with Gasteiger partial charge in [-0.25, -0.2) is 9.97 Å². The fourth-order valence-electron chi connectivity index (χ4n) is 3.94. The lowest BCUT2D eigenvalue weighted by molar-refractivity contribution is 0.162. The van der Waals surface area contributed by atoms with Crippen LogP contribution in [0.1, 0.15) is 19.8 Å². The van der Waals surface area contributed by atoms with Crippen molar-refractivity contribution in [2.24, 2.45) is 0 Å². The Hall–Kier alpha value is -3.78. The van der Waals surface area contributed by atoms with Crippen molar-refractivity contribution in [3.63, 3.8) is 0 Å². The minimum Gasteiger partial charge on any atom is -0.490 e. The van der Waals surface area contributed by atoms with Crippen LogP contribution in [-0.4, -0.2) is 43.9 Å². The zero-order valence-electron chi connectivity index (χ0n) is 18.6. The average molecular weight is 442 g/mol. The number of rotatable bonds is 7. The number of hydrogen-bond acceptors (Lipinski definition) is 7. The zero-order chi connectivity index (χ0) is 22.5. The van der Waals surface area contributed by atoms with Gasteiger partial charge in [-0.3, -0.25) is 9.67 Å². The van der Waals surface area contributed by atoms with Gasteiger partial charge >= 0.3 is 0 Å². The molecule has 168 valence electrons. The van der Waals surface area contributed by atoms with Crippen LogP contribution in [0.4, 0.5) is 11.6 Å². The van der Waals surface area contributed by atoms with Gasteiger partial charge in [0, 0.05) is 54.2 Å². The molecule has 1 saturated heterocycles. The third-order valence-electron chi connectivity index (χ3n) is 5.63. The third kappa shape index (κ3) is 5.01. The van der Waals surface area contributed by atoms with Gasteiger partial charge in [-0.1, -0.05) is 6.07 Å². The molecule has 0 amide bonds. The van der Waals surface area contributed by atoms with Gasteiger partial charge in [-0.15, -0.1) is 0 Å². The molecule has 1 fully saturated rings. The van der Waals surface area contributed by atoms with Crippen molar-refractivity contribution in [2.45, 2.75) is 32.4 Å². The second-order valence-electron chi connectivity index (χ2n) is 7.97. The van der Waals surface area contributed by atoms with Crippen LogP contribution in [-0.2, 0) is 6.54 Å². The molecule has 1 aliphatic rings. The van der Waals surface area contributed by atoms with Gasteiger partial charge in [0.15, 0.2) is 0 Å². The molecule has 1 aromatic carbocycles. The van der Waals surface area contributed by atoms with Crippen molar-refractivity contribution in [1.82, 2.24) is 30.0 Å². The van der Waals surface area contributed by atoms with Gasteiger partial charge in [0.1, 0.15) is 17.5 Å². The molecular formula is C25H27N7O. The van der Waals surface area contributed by atoms with E-state index in [0.717, 1.165) is 66.4 Å². The Morgan fingerprint density at radius 2 is 2.03 bits per heavy atom. The molecular weight excluding hydrogens is 414 g/mol. The molecule has 0 spiro atoms. The summed E-state index contributed by atoms with van der Waals surface area (Å²) in [5.41, 5.74) is 4.43. The minimum absolute atomic E-state index is 0.252. The number of pyridine rings is 1. The van der Waals surface area contributed by atoms with Gasteiger partial charge in [0.2, 0.25) is 5.95 Å². The quantitative estimate of drug-likeness (QED) is 0.442. The highest BCUT2D eigenvalue weighted by Crippen LogP contribution is 2.30. The minimum atomic E-state index is 0.252.